The molecule has 0 heterocycles. The van der Waals surface area contributed by atoms with Gasteiger partial charge in [0.1, 0.15) is 6.61 Å². The molecule has 0 aromatic rings. The Labute approximate surface area is 74.4 Å². The molecule has 0 bridgehead atoms. The lowest BCUT2D eigenvalue weighted by Crippen LogP contribution is -1.99. The van der Waals surface area contributed by atoms with Crippen LogP contribution in [0.25, 0.3) is 0 Å². The normalized spacial score (nSPS) is 16.5. The van der Waals surface area contributed by atoms with Crippen molar-refractivity contribution in [3.05, 3.63) is 35.6 Å². The quantitative estimate of drug-likeness (QED) is 0.582. The van der Waals surface area contributed by atoms with Gasteiger partial charge in [-0.1, -0.05) is 24.3 Å². The minimum absolute atomic E-state index is 0.707. The van der Waals surface area contributed by atoms with Crippen molar-refractivity contribution in [2.75, 3.05) is 6.61 Å². The monoisotopic (exact) mass is 164 g/mol. The van der Waals surface area contributed by atoms with Crippen molar-refractivity contribution >= 4 is 0 Å². The largest absolute Gasteiger partial charge is 0.495 e. The third-order valence-corrected chi connectivity index (χ3v) is 1.95. The summed E-state index contributed by atoms with van der Waals surface area (Å²) in [5.41, 5.74) is 2.82. The Bertz CT molecular complexity index is 233. The van der Waals surface area contributed by atoms with Crippen LogP contribution in [-0.4, -0.2) is 6.61 Å². The first-order valence-electron chi connectivity index (χ1n) is 4.32. The maximum absolute atomic E-state index is 5.32. The van der Waals surface area contributed by atoms with E-state index in [2.05, 4.69) is 25.7 Å². The summed E-state index contributed by atoms with van der Waals surface area (Å²) in [5.74, 6) is 0.794. The lowest BCUT2D eigenvalue weighted by atomic mass is 10.0. The summed E-state index contributed by atoms with van der Waals surface area (Å²) < 4.78 is 5.32. The van der Waals surface area contributed by atoms with E-state index >= 15 is 0 Å². The van der Waals surface area contributed by atoms with Crippen molar-refractivity contribution in [3.63, 3.8) is 0 Å². The highest BCUT2D eigenvalue weighted by molar-refractivity contribution is 5.23. The molecule has 0 aromatic heterocycles. The zero-order chi connectivity index (χ0) is 8.97. The highest BCUT2D eigenvalue weighted by Gasteiger charge is 2.02. The van der Waals surface area contributed by atoms with Gasteiger partial charge in [0.15, 0.2) is 0 Å². The number of ether oxygens (including phenoxy) is 1. The van der Waals surface area contributed by atoms with Gasteiger partial charge in [-0.3, -0.25) is 0 Å². The van der Waals surface area contributed by atoms with Gasteiger partial charge >= 0.3 is 0 Å². The molecule has 0 fully saturated rings. The van der Waals surface area contributed by atoms with Gasteiger partial charge in [-0.15, -0.1) is 0 Å². The average Bonchev–Trinajstić information content (AvgIpc) is 2.03. The number of rotatable bonds is 3. The Morgan fingerprint density at radius 3 is 2.75 bits per heavy atom. The number of allylic oxidation sites excluding steroid dienone is 4. The smallest absolute Gasteiger partial charge is 0.109 e. The van der Waals surface area contributed by atoms with Gasteiger partial charge in [-0.25, -0.2) is 0 Å². The van der Waals surface area contributed by atoms with Crippen LogP contribution < -0.4 is 0 Å². The summed E-state index contributed by atoms with van der Waals surface area (Å²) in [5, 5.41) is 0. The first-order chi connectivity index (χ1) is 5.68. The minimum Gasteiger partial charge on any atom is -0.495 e. The third-order valence-electron chi connectivity index (χ3n) is 1.95. The van der Waals surface area contributed by atoms with E-state index in [1.807, 2.05) is 6.92 Å². The van der Waals surface area contributed by atoms with E-state index in [1.54, 1.807) is 0 Å². The Balaban J connectivity index is 2.39. The van der Waals surface area contributed by atoms with Crippen molar-refractivity contribution in [1.29, 1.82) is 0 Å². The SMILES string of the molecule is C=C(C)OCC1=CC=C(C)CC1. The molecule has 1 aliphatic rings. The van der Waals surface area contributed by atoms with Crippen LogP contribution in [0.2, 0.25) is 0 Å². The Morgan fingerprint density at radius 2 is 2.25 bits per heavy atom. The average molecular weight is 164 g/mol. The molecule has 0 saturated carbocycles. The second kappa shape index (κ2) is 4.15. The van der Waals surface area contributed by atoms with Crippen LogP contribution in [0, 0.1) is 0 Å². The van der Waals surface area contributed by atoms with Crippen LogP contribution in [0.5, 0.6) is 0 Å². The van der Waals surface area contributed by atoms with E-state index < -0.39 is 0 Å². The third kappa shape index (κ3) is 2.95. The topological polar surface area (TPSA) is 9.23 Å². The van der Waals surface area contributed by atoms with Gasteiger partial charge in [-0.05, 0) is 32.3 Å². The van der Waals surface area contributed by atoms with Gasteiger partial charge in [-0.2, -0.15) is 0 Å². The van der Waals surface area contributed by atoms with E-state index in [4.69, 9.17) is 4.74 Å². The Kier molecular flexibility index (Phi) is 3.15. The van der Waals surface area contributed by atoms with Crippen molar-refractivity contribution in [1.82, 2.24) is 0 Å². The lowest BCUT2D eigenvalue weighted by molar-refractivity contribution is 0.240. The first kappa shape index (κ1) is 9.11. The van der Waals surface area contributed by atoms with Gasteiger partial charge in [0, 0.05) is 0 Å². The molecule has 0 aromatic carbocycles. The van der Waals surface area contributed by atoms with Crippen LogP contribution >= 0.6 is 0 Å². The molecule has 1 rings (SSSR count). The standard InChI is InChI=1S/C11H16O/c1-9(2)12-8-11-6-4-10(3)5-7-11/h4,6H,1,5,7-8H2,2-3H3. The Morgan fingerprint density at radius 1 is 1.50 bits per heavy atom. The van der Waals surface area contributed by atoms with E-state index in [9.17, 15) is 0 Å². The molecule has 66 valence electrons. The molecule has 0 aliphatic heterocycles. The minimum atomic E-state index is 0.707. The Hall–Kier alpha value is -0.980. The van der Waals surface area contributed by atoms with Crippen molar-refractivity contribution in [2.24, 2.45) is 0 Å². The molecule has 0 unspecified atom stereocenters. The summed E-state index contributed by atoms with van der Waals surface area (Å²) in [4.78, 5) is 0. The van der Waals surface area contributed by atoms with E-state index in [0.717, 1.165) is 12.2 Å². The van der Waals surface area contributed by atoms with Crippen LogP contribution in [0.3, 0.4) is 0 Å². The molecule has 1 heteroatoms. The number of hydrogen-bond donors (Lipinski definition) is 0. The molecule has 12 heavy (non-hydrogen) atoms. The molecule has 1 aliphatic carbocycles. The summed E-state index contributed by atoms with van der Waals surface area (Å²) >= 11 is 0. The molecule has 0 spiro atoms. The first-order valence-corrected chi connectivity index (χ1v) is 4.32. The zero-order valence-corrected chi connectivity index (χ0v) is 7.89. The van der Waals surface area contributed by atoms with Gasteiger partial charge in [0.05, 0.1) is 5.76 Å². The maximum atomic E-state index is 5.32. The maximum Gasteiger partial charge on any atom is 0.109 e. The fourth-order valence-electron chi connectivity index (χ4n) is 1.12. The highest BCUT2D eigenvalue weighted by atomic mass is 16.5. The number of hydrogen-bond acceptors (Lipinski definition) is 1. The second-order valence-corrected chi connectivity index (χ2v) is 3.33. The van der Waals surface area contributed by atoms with Crippen molar-refractivity contribution in [3.8, 4) is 0 Å². The molecular weight excluding hydrogens is 148 g/mol. The second-order valence-electron chi connectivity index (χ2n) is 3.33. The summed E-state index contributed by atoms with van der Waals surface area (Å²) in [6.07, 6.45) is 6.63. The molecule has 0 N–H and O–H groups in total. The van der Waals surface area contributed by atoms with E-state index in [-0.39, 0.29) is 0 Å². The van der Waals surface area contributed by atoms with E-state index in [1.165, 1.54) is 17.6 Å². The molecule has 0 saturated heterocycles. The molecular formula is C11H16O. The zero-order valence-electron chi connectivity index (χ0n) is 7.89. The molecule has 0 amide bonds. The lowest BCUT2D eigenvalue weighted by Gasteiger charge is -2.12. The van der Waals surface area contributed by atoms with Crippen molar-refractivity contribution in [2.45, 2.75) is 26.7 Å². The molecule has 1 nitrogen and oxygen atoms in total. The van der Waals surface area contributed by atoms with Crippen molar-refractivity contribution < 1.29 is 4.74 Å². The van der Waals surface area contributed by atoms with Crippen LogP contribution in [-0.2, 0) is 4.74 Å². The highest BCUT2D eigenvalue weighted by Crippen LogP contribution is 2.18. The van der Waals surface area contributed by atoms with Gasteiger partial charge in [0.25, 0.3) is 0 Å². The molecule has 0 atom stereocenters. The fourth-order valence-corrected chi connectivity index (χ4v) is 1.12. The fraction of sp³-hybridized carbons (Fsp3) is 0.455. The molecule has 0 radical (unpaired) electrons. The summed E-state index contributed by atoms with van der Waals surface area (Å²) in [6.45, 7) is 8.44. The van der Waals surface area contributed by atoms with Crippen LogP contribution in [0.1, 0.15) is 26.7 Å². The predicted octanol–water partition coefficient (Wildman–Crippen LogP) is 3.20. The van der Waals surface area contributed by atoms with E-state index in [0.29, 0.717) is 6.61 Å². The van der Waals surface area contributed by atoms with Gasteiger partial charge < -0.3 is 4.74 Å². The van der Waals surface area contributed by atoms with Crippen LogP contribution in [0.4, 0.5) is 0 Å². The summed E-state index contributed by atoms with van der Waals surface area (Å²) in [6, 6.07) is 0. The predicted molar refractivity (Wildman–Crippen MR) is 51.8 cm³/mol. The van der Waals surface area contributed by atoms with Crippen LogP contribution in [0.15, 0.2) is 35.6 Å². The van der Waals surface area contributed by atoms with Gasteiger partial charge in [0.2, 0.25) is 0 Å². The summed E-state index contributed by atoms with van der Waals surface area (Å²) in [7, 11) is 0.